The Morgan fingerprint density at radius 1 is 1.04 bits per heavy atom. The zero-order valence-electron chi connectivity index (χ0n) is 16.0. The van der Waals surface area contributed by atoms with E-state index in [-0.39, 0.29) is 11.8 Å². The van der Waals surface area contributed by atoms with Gasteiger partial charge in [-0.1, -0.05) is 0 Å². The number of carbonyl (C=O) groups is 2. The lowest BCUT2D eigenvalue weighted by atomic mass is 10.2. The van der Waals surface area contributed by atoms with Gasteiger partial charge in [0.25, 0.3) is 5.91 Å². The summed E-state index contributed by atoms with van der Waals surface area (Å²) in [5.41, 5.74) is 1.30. The van der Waals surface area contributed by atoms with Gasteiger partial charge in [-0.2, -0.15) is 0 Å². The van der Waals surface area contributed by atoms with Crippen molar-refractivity contribution in [3.63, 3.8) is 0 Å². The van der Waals surface area contributed by atoms with Crippen LogP contribution in [0.2, 0.25) is 0 Å². The monoisotopic (exact) mass is 427 g/mol. The zero-order chi connectivity index (χ0) is 19.6. The third kappa shape index (κ3) is 7.98. The fourth-order valence-electron chi connectivity index (χ4n) is 2.34. The summed E-state index contributed by atoms with van der Waals surface area (Å²) in [6.45, 7) is 2.92. The van der Waals surface area contributed by atoms with Crippen LogP contribution in [0.1, 0.15) is 41.7 Å². The fourth-order valence-corrected chi connectivity index (χ4v) is 4.72. The van der Waals surface area contributed by atoms with E-state index in [0.717, 1.165) is 47.1 Å². The van der Waals surface area contributed by atoms with Crippen molar-refractivity contribution in [2.75, 3.05) is 31.4 Å². The predicted molar refractivity (Wildman–Crippen MR) is 116 cm³/mol. The van der Waals surface area contributed by atoms with Crippen molar-refractivity contribution in [2.24, 2.45) is 0 Å². The smallest absolute Gasteiger partial charge is 0.270 e. The highest BCUT2D eigenvalue weighted by Crippen LogP contribution is 2.26. The summed E-state index contributed by atoms with van der Waals surface area (Å²) in [6, 6.07) is 0. The van der Waals surface area contributed by atoms with Gasteiger partial charge >= 0.3 is 0 Å². The summed E-state index contributed by atoms with van der Waals surface area (Å²) in [7, 11) is 0.410. The minimum Gasteiger partial charge on any atom is -0.356 e. The van der Waals surface area contributed by atoms with Crippen molar-refractivity contribution in [3.05, 3.63) is 21.5 Å². The van der Waals surface area contributed by atoms with E-state index in [2.05, 4.69) is 33.1 Å². The molecule has 148 valence electrons. The Bertz CT molecular complexity index is 743. The quantitative estimate of drug-likeness (QED) is 0.427. The van der Waals surface area contributed by atoms with Crippen molar-refractivity contribution in [1.82, 2.24) is 20.6 Å². The molecule has 0 atom stereocenters. The second-order valence-corrected chi connectivity index (χ2v) is 10.6. The lowest BCUT2D eigenvalue weighted by Gasteiger charge is -2.01. The fraction of sp³-hybridized carbons (Fsp3) is 0.556. The van der Waals surface area contributed by atoms with Crippen LogP contribution in [0.3, 0.4) is 0 Å². The van der Waals surface area contributed by atoms with E-state index in [1.165, 1.54) is 18.3 Å². The number of nitrogens with one attached hydrogen (secondary N) is 2. The Balaban J connectivity index is 1.79. The zero-order valence-corrected chi connectivity index (χ0v) is 18.5. The Kier molecular flexibility index (Phi) is 9.23. The van der Waals surface area contributed by atoms with Gasteiger partial charge in [-0.05, 0) is 30.2 Å². The van der Waals surface area contributed by atoms with Gasteiger partial charge in [0, 0.05) is 37.2 Å². The molecule has 9 heteroatoms. The number of hydrogen-bond donors (Lipinski definition) is 2. The number of thiazole rings is 2. The van der Waals surface area contributed by atoms with Gasteiger partial charge in [-0.15, -0.1) is 22.7 Å². The van der Waals surface area contributed by atoms with Crippen LogP contribution in [0.5, 0.6) is 0 Å². The van der Waals surface area contributed by atoms with E-state index in [9.17, 15) is 9.59 Å². The molecule has 0 aliphatic rings. The Morgan fingerprint density at radius 3 is 2.56 bits per heavy atom. The van der Waals surface area contributed by atoms with Crippen LogP contribution in [0.15, 0.2) is 10.8 Å². The second-order valence-electron chi connectivity index (χ2n) is 6.40. The third-order valence-corrected chi connectivity index (χ3v) is 6.59. The normalized spacial score (nSPS) is 11.0. The molecule has 2 heterocycles. The molecule has 0 aromatic carbocycles. The molecule has 0 aliphatic heterocycles. The molecule has 0 spiro atoms. The maximum absolute atomic E-state index is 12.2. The van der Waals surface area contributed by atoms with E-state index in [1.807, 2.05) is 5.38 Å². The van der Waals surface area contributed by atoms with Gasteiger partial charge in [0.05, 0.1) is 17.5 Å². The van der Waals surface area contributed by atoms with E-state index >= 15 is 0 Å². The molecule has 0 saturated heterocycles. The number of aryl methyl sites for hydroxylation is 1. The van der Waals surface area contributed by atoms with Gasteiger partial charge in [-0.3, -0.25) is 9.59 Å². The van der Waals surface area contributed by atoms with Crippen LogP contribution in [0, 0.1) is 0 Å². The largest absolute Gasteiger partial charge is 0.356 e. The van der Waals surface area contributed by atoms with Crippen molar-refractivity contribution < 1.29 is 9.59 Å². The third-order valence-electron chi connectivity index (χ3n) is 3.71. The average molecular weight is 428 g/mol. The molecule has 0 fully saturated rings. The molecular formula is C18H27N4O2S3+. The molecule has 2 N–H and O–H groups in total. The van der Waals surface area contributed by atoms with E-state index < -0.39 is 0 Å². The van der Waals surface area contributed by atoms with Gasteiger partial charge in [0.15, 0.2) is 0 Å². The van der Waals surface area contributed by atoms with Crippen LogP contribution >= 0.6 is 22.7 Å². The topological polar surface area (TPSA) is 84.0 Å². The summed E-state index contributed by atoms with van der Waals surface area (Å²) in [5.74, 6) is 1.03. The van der Waals surface area contributed by atoms with Gasteiger partial charge in [-0.25, -0.2) is 9.97 Å². The number of aromatic nitrogens is 2. The molecule has 0 aliphatic carbocycles. The number of unbranched alkanes of at least 4 members (excludes halogenated alkanes) is 1. The highest BCUT2D eigenvalue weighted by atomic mass is 32.2. The lowest BCUT2D eigenvalue weighted by molar-refractivity contribution is -0.118. The molecule has 2 aromatic rings. The molecule has 0 bridgehead atoms. The van der Waals surface area contributed by atoms with Gasteiger partial charge in [0.2, 0.25) is 5.91 Å². The molecule has 0 radical (unpaired) electrons. The number of carbonyl (C=O) groups excluding carboxylic acids is 2. The first-order chi connectivity index (χ1) is 13.0. The maximum Gasteiger partial charge on any atom is 0.270 e. The minimum absolute atomic E-state index is 0.00966. The minimum atomic E-state index is -0.113. The van der Waals surface area contributed by atoms with Crippen molar-refractivity contribution in [3.8, 4) is 10.7 Å². The predicted octanol–water partition coefficient (Wildman–Crippen LogP) is 2.72. The Hall–Kier alpha value is -1.45. The van der Waals surface area contributed by atoms with Crippen LogP contribution in [0.4, 0.5) is 0 Å². The van der Waals surface area contributed by atoms with E-state index in [4.69, 9.17) is 0 Å². The average Bonchev–Trinajstić information content (AvgIpc) is 3.27. The lowest BCUT2D eigenvalue weighted by Crippen LogP contribution is -2.26. The molecule has 27 heavy (non-hydrogen) atoms. The van der Waals surface area contributed by atoms with Gasteiger partial charge < -0.3 is 10.6 Å². The van der Waals surface area contributed by atoms with Crippen LogP contribution < -0.4 is 10.6 Å². The second kappa shape index (κ2) is 11.4. The molecule has 0 saturated carbocycles. The van der Waals surface area contributed by atoms with E-state index in [0.29, 0.717) is 29.7 Å². The van der Waals surface area contributed by atoms with Crippen LogP contribution in [-0.2, 0) is 22.1 Å². The first-order valence-corrected chi connectivity index (χ1v) is 12.9. The van der Waals surface area contributed by atoms with Crippen molar-refractivity contribution in [1.29, 1.82) is 0 Å². The van der Waals surface area contributed by atoms with E-state index in [1.54, 1.807) is 16.7 Å². The Labute approximate surface area is 171 Å². The number of rotatable bonds is 11. The molecule has 2 rings (SSSR count). The molecule has 2 amide bonds. The first kappa shape index (κ1) is 21.8. The van der Waals surface area contributed by atoms with Gasteiger partial charge in [0.1, 0.15) is 22.1 Å². The standard InChI is InChI=1S/C18H26N4O2S3/c1-13(23)19-8-5-4-7-16-21-15(12-25-16)18-22-14(11-26-18)17(24)20-9-6-10-27(2)3/h11-12H,4-10H2,1-3H3,(H-,19,20,23,24)/p+1. The van der Waals surface area contributed by atoms with Crippen molar-refractivity contribution >= 4 is 45.4 Å². The number of amides is 2. The van der Waals surface area contributed by atoms with Crippen LogP contribution in [0.25, 0.3) is 10.7 Å². The van der Waals surface area contributed by atoms with Crippen molar-refractivity contribution in [2.45, 2.75) is 32.6 Å². The summed E-state index contributed by atoms with van der Waals surface area (Å²) >= 11 is 3.06. The summed E-state index contributed by atoms with van der Waals surface area (Å²) in [6.07, 6.45) is 8.22. The molecule has 6 nitrogen and oxygen atoms in total. The SMILES string of the molecule is CC(=O)NCCCCc1nc(-c2nc(C(=O)NCCC[S+](C)C)cs2)cs1. The summed E-state index contributed by atoms with van der Waals surface area (Å²) < 4.78 is 0. The van der Waals surface area contributed by atoms with Crippen LogP contribution in [-0.4, -0.2) is 53.1 Å². The highest BCUT2D eigenvalue weighted by Gasteiger charge is 2.14. The highest BCUT2D eigenvalue weighted by molar-refractivity contribution is 7.95. The number of hydrogen-bond acceptors (Lipinski definition) is 6. The Morgan fingerprint density at radius 2 is 1.81 bits per heavy atom. The molecular weight excluding hydrogens is 400 g/mol. The molecule has 2 aromatic heterocycles. The number of nitrogens with zero attached hydrogens (tertiary/aromatic N) is 2. The summed E-state index contributed by atoms with van der Waals surface area (Å²) in [5, 5.41) is 11.4. The summed E-state index contributed by atoms with van der Waals surface area (Å²) in [4.78, 5) is 32.1. The first-order valence-electron chi connectivity index (χ1n) is 8.93. The maximum atomic E-state index is 12.2. The molecule has 0 unspecified atom stereocenters.